The average Bonchev–Trinajstić information content (AvgIpc) is 3.06. The molecule has 0 saturated carbocycles. The molecule has 0 aromatic heterocycles. The second-order valence-electron chi connectivity index (χ2n) is 7.45. The van der Waals surface area contributed by atoms with E-state index in [1.165, 1.54) is 0 Å². The van der Waals surface area contributed by atoms with Crippen molar-refractivity contribution in [2.75, 3.05) is 18.4 Å². The van der Waals surface area contributed by atoms with Crippen molar-refractivity contribution in [2.45, 2.75) is 32.2 Å². The van der Waals surface area contributed by atoms with Gasteiger partial charge in [-0.15, -0.1) is 0 Å². The summed E-state index contributed by atoms with van der Waals surface area (Å²) >= 11 is 0. The van der Waals surface area contributed by atoms with Crippen LogP contribution in [0.25, 0.3) is 0 Å². The van der Waals surface area contributed by atoms with E-state index in [1.807, 2.05) is 36.4 Å². The third kappa shape index (κ3) is 4.19. The summed E-state index contributed by atoms with van der Waals surface area (Å²) in [5.74, 6) is 0.634. The molecule has 1 saturated heterocycles. The van der Waals surface area contributed by atoms with Gasteiger partial charge in [-0.1, -0.05) is 30.3 Å². The molecule has 3 N–H and O–H groups in total. The quantitative estimate of drug-likeness (QED) is 0.765. The average molecular weight is 363 g/mol. The van der Waals surface area contributed by atoms with Crippen molar-refractivity contribution >= 4 is 17.5 Å². The highest BCUT2D eigenvalue weighted by Gasteiger charge is 2.19. The van der Waals surface area contributed by atoms with Gasteiger partial charge in [0.1, 0.15) is 0 Å². The van der Waals surface area contributed by atoms with Crippen molar-refractivity contribution in [1.29, 1.82) is 0 Å². The molecule has 0 bridgehead atoms. The Bertz CT molecular complexity index is 856. The normalized spacial score (nSPS) is 16.7. The molecule has 2 aromatic rings. The highest BCUT2D eigenvalue weighted by atomic mass is 16.2. The Labute approximate surface area is 159 Å². The number of piperidine rings is 1. The van der Waals surface area contributed by atoms with Gasteiger partial charge in [-0.3, -0.25) is 9.59 Å². The number of nitrogens with one attached hydrogen (secondary N) is 3. The lowest BCUT2D eigenvalue weighted by Crippen LogP contribution is -2.29. The minimum atomic E-state index is -0.0331. The van der Waals surface area contributed by atoms with Crippen LogP contribution in [0.2, 0.25) is 0 Å². The predicted octanol–water partition coefficient (Wildman–Crippen LogP) is 2.65. The maximum atomic E-state index is 12.8. The van der Waals surface area contributed by atoms with Crippen LogP contribution in [0.4, 0.5) is 5.69 Å². The van der Waals surface area contributed by atoms with Gasteiger partial charge in [0, 0.05) is 17.8 Å². The Morgan fingerprint density at radius 2 is 1.93 bits per heavy atom. The van der Waals surface area contributed by atoms with Crippen molar-refractivity contribution in [3.63, 3.8) is 0 Å². The topological polar surface area (TPSA) is 70.2 Å². The van der Waals surface area contributed by atoms with E-state index in [0.717, 1.165) is 60.3 Å². The van der Waals surface area contributed by atoms with Gasteiger partial charge >= 0.3 is 0 Å². The number of amides is 2. The molecule has 5 heteroatoms. The van der Waals surface area contributed by atoms with E-state index in [0.29, 0.717) is 18.9 Å². The second kappa shape index (κ2) is 7.92. The summed E-state index contributed by atoms with van der Waals surface area (Å²) in [4.78, 5) is 24.3. The Balaban J connectivity index is 1.41. The summed E-state index contributed by atoms with van der Waals surface area (Å²) < 4.78 is 0. The summed E-state index contributed by atoms with van der Waals surface area (Å²) in [5.41, 5.74) is 4.79. The smallest absolute Gasteiger partial charge is 0.251 e. The van der Waals surface area contributed by atoms with Gasteiger partial charge in [0.2, 0.25) is 5.91 Å². The second-order valence-corrected chi connectivity index (χ2v) is 7.45. The fourth-order valence-corrected chi connectivity index (χ4v) is 3.99. The summed E-state index contributed by atoms with van der Waals surface area (Å²) in [5, 5.41) is 9.26. The highest BCUT2D eigenvalue weighted by molar-refractivity contribution is 5.99. The third-order valence-electron chi connectivity index (χ3n) is 5.48. The number of fused-ring (bicyclic) bond motifs is 1. The first-order valence-corrected chi connectivity index (χ1v) is 9.67. The van der Waals surface area contributed by atoms with E-state index in [4.69, 9.17) is 0 Å². The van der Waals surface area contributed by atoms with Crippen LogP contribution in [0.1, 0.15) is 39.9 Å². The van der Waals surface area contributed by atoms with Crippen LogP contribution in [-0.4, -0.2) is 24.9 Å². The molecule has 140 valence electrons. The summed E-state index contributed by atoms with van der Waals surface area (Å²) in [6.45, 7) is 2.59. The first-order valence-electron chi connectivity index (χ1n) is 9.67. The van der Waals surface area contributed by atoms with Gasteiger partial charge in [0.25, 0.3) is 5.91 Å². The lowest BCUT2D eigenvalue weighted by atomic mass is 9.89. The van der Waals surface area contributed by atoms with E-state index in [-0.39, 0.29) is 11.8 Å². The molecule has 5 nitrogen and oxygen atoms in total. The molecular formula is C22H25N3O2. The number of benzene rings is 2. The molecule has 2 heterocycles. The molecule has 2 aliphatic heterocycles. The molecule has 0 spiro atoms. The Morgan fingerprint density at radius 3 is 2.78 bits per heavy atom. The number of anilines is 1. The zero-order chi connectivity index (χ0) is 18.6. The monoisotopic (exact) mass is 363 g/mol. The van der Waals surface area contributed by atoms with Crippen molar-refractivity contribution in [3.05, 3.63) is 64.7 Å². The van der Waals surface area contributed by atoms with Crippen LogP contribution < -0.4 is 16.0 Å². The van der Waals surface area contributed by atoms with E-state index < -0.39 is 0 Å². The maximum absolute atomic E-state index is 12.8. The Kier molecular flexibility index (Phi) is 5.21. The van der Waals surface area contributed by atoms with E-state index in [9.17, 15) is 9.59 Å². The van der Waals surface area contributed by atoms with Gasteiger partial charge < -0.3 is 16.0 Å². The number of carbonyl (C=O) groups is 2. The predicted molar refractivity (Wildman–Crippen MR) is 106 cm³/mol. The van der Waals surface area contributed by atoms with Gasteiger partial charge in [-0.05, 0) is 67.1 Å². The molecular weight excluding hydrogens is 338 g/mol. The van der Waals surface area contributed by atoms with Crippen LogP contribution >= 0.6 is 0 Å². The molecule has 0 radical (unpaired) electrons. The van der Waals surface area contributed by atoms with E-state index in [2.05, 4.69) is 22.0 Å². The van der Waals surface area contributed by atoms with Crippen LogP contribution in [-0.2, 0) is 24.2 Å². The molecule has 0 aliphatic carbocycles. The van der Waals surface area contributed by atoms with E-state index >= 15 is 0 Å². The molecule has 2 aliphatic rings. The van der Waals surface area contributed by atoms with Crippen molar-refractivity contribution < 1.29 is 9.59 Å². The Hall–Kier alpha value is -2.66. The zero-order valence-electron chi connectivity index (χ0n) is 15.4. The lowest BCUT2D eigenvalue weighted by molar-refractivity contribution is -0.115. The van der Waals surface area contributed by atoms with Gasteiger partial charge in [-0.25, -0.2) is 0 Å². The minimum Gasteiger partial charge on any atom is -0.348 e. The fourth-order valence-electron chi connectivity index (χ4n) is 3.99. The molecule has 1 fully saturated rings. The molecule has 2 aromatic carbocycles. The molecule has 0 unspecified atom stereocenters. The first-order chi connectivity index (χ1) is 13.2. The highest BCUT2D eigenvalue weighted by Crippen LogP contribution is 2.24. The first kappa shape index (κ1) is 17.7. The minimum absolute atomic E-state index is 0.0259. The number of carbonyl (C=O) groups excluding carboxylic acids is 2. The van der Waals surface area contributed by atoms with Crippen molar-refractivity contribution in [1.82, 2.24) is 10.6 Å². The fraction of sp³-hybridized carbons (Fsp3) is 0.364. The van der Waals surface area contributed by atoms with Crippen molar-refractivity contribution in [2.24, 2.45) is 5.92 Å². The summed E-state index contributed by atoms with van der Waals surface area (Å²) in [7, 11) is 0. The largest absolute Gasteiger partial charge is 0.348 e. The molecule has 2 amide bonds. The van der Waals surface area contributed by atoms with E-state index in [1.54, 1.807) is 0 Å². The molecule has 4 rings (SSSR count). The summed E-state index contributed by atoms with van der Waals surface area (Å²) in [6.07, 6.45) is 3.70. The zero-order valence-corrected chi connectivity index (χ0v) is 15.4. The standard InChI is InChI=1S/C22H25N3O2/c26-21-13-18-12-16(5-6-20(18)25-21)14-24-22(27)19-4-2-1-3-17(19)11-15-7-9-23-10-8-15/h1-6,12,15,23H,7-11,13-14H2,(H,24,27)(H,25,26). The maximum Gasteiger partial charge on any atom is 0.251 e. The van der Waals surface area contributed by atoms with Gasteiger partial charge in [-0.2, -0.15) is 0 Å². The molecule has 0 atom stereocenters. The number of rotatable bonds is 5. The van der Waals surface area contributed by atoms with Crippen LogP contribution in [0.15, 0.2) is 42.5 Å². The SMILES string of the molecule is O=C1Cc2cc(CNC(=O)c3ccccc3CC3CCNCC3)ccc2N1. The summed E-state index contributed by atoms with van der Waals surface area (Å²) in [6, 6.07) is 13.8. The molecule has 27 heavy (non-hydrogen) atoms. The third-order valence-corrected chi connectivity index (χ3v) is 5.48. The number of hydrogen-bond acceptors (Lipinski definition) is 3. The Morgan fingerprint density at radius 1 is 1.11 bits per heavy atom. The number of hydrogen-bond donors (Lipinski definition) is 3. The van der Waals surface area contributed by atoms with Crippen LogP contribution in [0, 0.1) is 5.92 Å². The van der Waals surface area contributed by atoms with Gasteiger partial charge in [0.05, 0.1) is 6.42 Å². The van der Waals surface area contributed by atoms with Gasteiger partial charge in [0.15, 0.2) is 0 Å². The van der Waals surface area contributed by atoms with Crippen LogP contribution in [0.5, 0.6) is 0 Å². The van der Waals surface area contributed by atoms with Crippen molar-refractivity contribution in [3.8, 4) is 0 Å². The van der Waals surface area contributed by atoms with Crippen LogP contribution in [0.3, 0.4) is 0 Å². The lowest BCUT2D eigenvalue weighted by Gasteiger charge is -2.23.